The van der Waals surface area contributed by atoms with Crippen LogP contribution >= 0.6 is 12.2 Å². The van der Waals surface area contributed by atoms with Crippen molar-refractivity contribution in [3.63, 3.8) is 0 Å². The largest absolute Gasteiger partial charge is 0.349 e. The molecule has 18 heavy (non-hydrogen) atoms. The summed E-state index contributed by atoms with van der Waals surface area (Å²) in [5.74, 6) is -2.01. The summed E-state index contributed by atoms with van der Waals surface area (Å²) in [5, 5.41) is 17.6. The highest BCUT2D eigenvalue weighted by Gasteiger charge is 2.52. The number of fused-ring (bicyclic) bond motifs is 3. The molecule has 7 heteroatoms. The molecule has 1 aromatic carbocycles. The summed E-state index contributed by atoms with van der Waals surface area (Å²) in [5.41, 5.74) is 4.22. The van der Waals surface area contributed by atoms with E-state index >= 15 is 0 Å². The van der Waals surface area contributed by atoms with Gasteiger partial charge in [0.15, 0.2) is 5.11 Å². The van der Waals surface area contributed by atoms with Gasteiger partial charge in [0.05, 0.1) is 5.69 Å². The number of carbonyl (C=O) groups excluding carboxylic acids is 1. The van der Waals surface area contributed by atoms with Crippen molar-refractivity contribution >= 4 is 34.6 Å². The molecule has 0 saturated carbocycles. The summed E-state index contributed by atoms with van der Waals surface area (Å²) in [4.78, 5) is 13.0. The molecule has 0 aliphatic carbocycles. The SMILES string of the molecule is CC(=O)N1c2ccccc2C2=NNC(=S)NC21O. The average Bonchev–Trinajstić information content (AvgIpc) is 2.55. The first-order chi connectivity index (χ1) is 8.54. The highest BCUT2D eigenvalue weighted by molar-refractivity contribution is 7.80. The molecule has 3 rings (SSSR count). The summed E-state index contributed by atoms with van der Waals surface area (Å²) in [6.45, 7) is 1.38. The molecule has 0 aromatic heterocycles. The number of aliphatic hydroxyl groups is 1. The monoisotopic (exact) mass is 262 g/mol. The molecular formula is C11H10N4O2S. The average molecular weight is 262 g/mol. The van der Waals surface area contributed by atoms with Crippen LogP contribution in [-0.4, -0.2) is 27.7 Å². The molecule has 0 spiro atoms. The molecule has 92 valence electrons. The van der Waals surface area contributed by atoms with Crippen LogP contribution in [0.3, 0.4) is 0 Å². The van der Waals surface area contributed by atoms with Gasteiger partial charge in [0.25, 0.3) is 5.85 Å². The summed E-state index contributed by atoms with van der Waals surface area (Å²) in [6, 6.07) is 7.15. The number of nitrogens with zero attached hydrogens (tertiary/aromatic N) is 2. The Bertz CT molecular complexity index is 600. The standard InChI is InChI=1S/C11H10N4O2S/c1-6(16)15-8-5-3-2-4-7(8)9-11(15,17)12-10(18)14-13-9/h2-5,17H,1H3,(H2,12,14,18). The van der Waals surface area contributed by atoms with Crippen molar-refractivity contribution in [3.8, 4) is 0 Å². The summed E-state index contributed by atoms with van der Waals surface area (Å²) in [6.07, 6.45) is 0. The Morgan fingerprint density at radius 3 is 2.94 bits per heavy atom. The van der Waals surface area contributed by atoms with Crippen molar-refractivity contribution in [3.05, 3.63) is 29.8 Å². The molecule has 0 radical (unpaired) electrons. The number of thiocarbonyl (C=S) groups is 1. The lowest BCUT2D eigenvalue weighted by atomic mass is 10.1. The lowest BCUT2D eigenvalue weighted by molar-refractivity contribution is -0.119. The predicted octanol–water partition coefficient (Wildman–Crippen LogP) is -0.119. The van der Waals surface area contributed by atoms with Crippen molar-refractivity contribution in [2.75, 3.05) is 4.90 Å². The minimum absolute atomic E-state index is 0.167. The molecule has 6 nitrogen and oxygen atoms in total. The van der Waals surface area contributed by atoms with Gasteiger partial charge >= 0.3 is 0 Å². The van der Waals surface area contributed by atoms with Gasteiger partial charge in [0.2, 0.25) is 5.91 Å². The molecule has 1 unspecified atom stereocenters. The van der Waals surface area contributed by atoms with E-state index in [1.165, 1.54) is 11.8 Å². The Morgan fingerprint density at radius 1 is 1.50 bits per heavy atom. The molecule has 2 heterocycles. The zero-order valence-corrected chi connectivity index (χ0v) is 10.3. The molecule has 3 N–H and O–H groups in total. The van der Waals surface area contributed by atoms with Crippen molar-refractivity contribution in [1.29, 1.82) is 0 Å². The first-order valence-electron chi connectivity index (χ1n) is 5.33. The summed E-state index contributed by atoms with van der Waals surface area (Å²) < 4.78 is 0. The number of hydrogen-bond acceptors (Lipinski definition) is 4. The Hall–Kier alpha value is -1.99. The molecule has 0 saturated heterocycles. The van der Waals surface area contributed by atoms with Crippen LogP contribution in [0.4, 0.5) is 5.69 Å². The maximum absolute atomic E-state index is 11.8. The van der Waals surface area contributed by atoms with Crippen LogP contribution < -0.4 is 15.6 Å². The van der Waals surface area contributed by atoms with Crippen molar-refractivity contribution in [2.24, 2.45) is 5.10 Å². The highest BCUT2D eigenvalue weighted by Crippen LogP contribution is 2.37. The lowest BCUT2D eigenvalue weighted by Crippen LogP contribution is -2.68. The van der Waals surface area contributed by atoms with Crippen molar-refractivity contribution < 1.29 is 9.90 Å². The zero-order valence-electron chi connectivity index (χ0n) is 9.47. The topological polar surface area (TPSA) is 77.0 Å². The Kier molecular flexibility index (Phi) is 2.16. The number of hydrogen-bond donors (Lipinski definition) is 3. The number of carbonyl (C=O) groups is 1. The molecule has 0 fully saturated rings. The normalized spacial score (nSPS) is 24.7. The minimum atomic E-state index is -1.71. The predicted molar refractivity (Wildman–Crippen MR) is 70.0 cm³/mol. The maximum Gasteiger partial charge on any atom is 0.273 e. The molecule has 1 amide bonds. The van der Waals surface area contributed by atoms with Crippen LogP contribution in [0.5, 0.6) is 0 Å². The summed E-state index contributed by atoms with van der Waals surface area (Å²) >= 11 is 4.92. The Morgan fingerprint density at radius 2 is 2.22 bits per heavy atom. The van der Waals surface area contributed by atoms with E-state index in [0.29, 0.717) is 17.0 Å². The van der Waals surface area contributed by atoms with Gasteiger partial charge in [-0.05, 0) is 18.3 Å². The van der Waals surface area contributed by atoms with Crippen LogP contribution in [-0.2, 0) is 4.79 Å². The summed E-state index contributed by atoms with van der Waals surface area (Å²) in [7, 11) is 0. The van der Waals surface area contributed by atoms with Gasteiger partial charge in [-0.1, -0.05) is 18.2 Å². The van der Waals surface area contributed by atoms with Crippen LogP contribution in [0.15, 0.2) is 29.4 Å². The van der Waals surface area contributed by atoms with Gasteiger partial charge in [-0.2, -0.15) is 5.10 Å². The van der Waals surface area contributed by atoms with Gasteiger partial charge in [-0.3, -0.25) is 15.1 Å². The fourth-order valence-electron chi connectivity index (χ4n) is 2.28. The molecule has 2 aliphatic rings. The number of nitrogens with one attached hydrogen (secondary N) is 2. The molecule has 0 bridgehead atoms. The van der Waals surface area contributed by atoms with E-state index in [-0.39, 0.29) is 11.0 Å². The van der Waals surface area contributed by atoms with Gasteiger partial charge in [0.1, 0.15) is 5.71 Å². The number of anilines is 1. The fraction of sp³-hybridized carbons (Fsp3) is 0.182. The van der Waals surface area contributed by atoms with Gasteiger partial charge in [0, 0.05) is 12.5 Å². The Balaban J connectivity index is 2.27. The van der Waals surface area contributed by atoms with Gasteiger partial charge in [-0.25, -0.2) is 0 Å². The first-order valence-corrected chi connectivity index (χ1v) is 5.74. The van der Waals surface area contributed by atoms with Crippen LogP contribution in [0.1, 0.15) is 12.5 Å². The lowest BCUT2D eigenvalue weighted by Gasteiger charge is -2.36. The van der Waals surface area contributed by atoms with Crippen LogP contribution in [0.25, 0.3) is 0 Å². The fourth-order valence-corrected chi connectivity index (χ4v) is 2.47. The van der Waals surface area contributed by atoms with E-state index in [2.05, 4.69) is 15.8 Å². The highest BCUT2D eigenvalue weighted by atomic mass is 32.1. The zero-order chi connectivity index (χ0) is 12.9. The van der Waals surface area contributed by atoms with Crippen LogP contribution in [0.2, 0.25) is 0 Å². The number of hydrazone groups is 1. The third kappa shape index (κ3) is 1.28. The number of benzene rings is 1. The third-order valence-corrected chi connectivity index (χ3v) is 3.12. The van der Waals surface area contributed by atoms with E-state index in [1.807, 2.05) is 6.07 Å². The van der Waals surface area contributed by atoms with E-state index < -0.39 is 5.85 Å². The van der Waals surface area contributed by atoms with E-state index in [1.54, 1.807) is 18.2 Å². The molecule has 1 atom stereocenters. The minimum Gasteiger partial charge on any atom is -0.349 e. The van der Waals surface area contributed by atoms with E-state index in [0.717, 1.165) is 0 Å². The van der Waals surface area contributed by atoms with Gasteiger partial charge in [-0.15, -0.1) is 0 Å². The van der Waals surface area contributed by atoms with Crippen molar-refractivity contribution in [1.82, 2.24) is 10.7 Å². The second-order valence-electron chi connectivity index (χ2n) is 4.07. The third-order valence-electron chi connectivity index (χ3n) is 2.93. The number of rotatable bonds is 0. The number of para-hydroxylation sites is 1. The van der Waals surface area contributed by atoms with E-state index in [4.69, 9.17) is 12.2 Å². The Labute approximate surface area is 108 Å². The van der Waals surface area contributed by atoms with Crippen LogP contribution in [0, 0.1) is 0 Å². The van der Waals surface area contributed by atoms with Gasteiger partial charge < -0.3 is 10.4 Å². The number of amides is 1. The molecular weight excluding hydrogens is 252 g/mol. The smallest absolute Gasteiger partial charge is 0.273 e. The van der Waals surface area contributed by atoms with Crippen molar-refractivity contribution in [2.45, 2.75) is 12.8 Å². The molecule has 2 aliphatic heterocycles. The first kappa shape index (κ1) is 11.1. The quantitative estimate of drug-likeness (QED) is 0.568. The molecule has 1 aromatic rings. The second kappa shape index (κ2) is 3.50. The maximum atomic E-state index is 11.8. The second-order valence-corrected chi connectivity index (χ2v) is 4.48. The van der Waals surface area contributed by atoms with E-state index in [9.17, 15) is 9.90 Å².